The first kappa shape index (κ1) is 17.9. The molecule has 1 heterocycles. The quantitative estimate of drug-likeness (QED) is 0.804. The van der Waals surface area contributed by atoms with E-state index in [1.165, 1.54) is 11.3 Å². The van der Waals surface area contributed by atoms with Gasteiger partial charge in [-0.3, -0.25) is 4.79 Å². The largest absolute Gasteiger partial charge is 0.445 e. The van der Waals surface area contributed by atoms with E-state index in [0.717, 1.165) is 12.0 Å². The normalized spacial score (nSPS) is 12.9. The van der Waals surface area contributed by atoms with Crippen molar-refractivity contribution in [3.63, 3.8) is 0 Å². The molecule has 6 nitrogen and oxygen atoms in total. The number of thiazole rings is 1. The number of hydrogen-bond donors (Lipinski definition) is 2. The number of benzene rings is 1. The lowest BCUT2D eigenvalue weighted by Crippen LogP contribution is -2.47. The molecule has 7 heteroatoms. The third kappa shape index (κ3) is 5.34. The third-order valence-electron chi connectivity index (χ3n) is 3.64. The molecule has 2 amide bonds. The average molecular weight is 347 g/mol. The maximum atomic E-state index is 12.4. The summed E-state index contributed by atoms with van der Waals surface area (Å²) < 4.78 is 5.20. The van der Waals surface area contributed by atoms with Crippen molar-refractivity contribution in [2.24, 2.45) is 5.92 Å². The molecular formula is C17H21N3O3S. The van der Waals surface area contributed by atoms with Crippen LogP contribution in [0.4, 0.5) is 9.93 Å². The highest BCUT2D eigenvalue weighted by atomic mass is 32.1. The number of anilines is 1. The topological polar surface area (TPSA) is 80.3 Å². The molecule has 24 heavy (non-hydrogen) atoms. The molecule has 128 valence electrons. The van der Waals surface area contributed by atoms with Crippen molar-refractivity contribution in [1.29, 1.82) is 0 Å². The number of carbonyl (C=O) groups excluding carboxylic acids is 2. The maximum absolute atomic E-state index is 12.4. The molecular weight excluding hydrogens is 326 g/mol. The minimum absolute atomic E-state index is 0.0331. The van der Waals surface area contributed by atoms with E-state index in [1.54, 1.807) is 11.6 Å². The van der Waals surface area contributed by atoms with Crippen LogP contribution in [0.1, 0.15) is 25.8 Å². The molecule has 2 rings (SSSR count). The lowest BCUT2D eigenvalue weighted by Gasteiger charge is -2.22. The summed E-state index contributed by atoms with van der Waals surface area (Å²) in [5, 5.41) is 7.65. The Morgan fingerprint density at radius 1 is 1.29 bits per heavy atom. The predicted molar refractivity (Wildman–Crippen MR) is 93.7 cm³/mol. The molecule has 2 N–H and O–H groups in total. The van der Waals surface area contributed by atoms with Crippen molar-refractivity contribution < 1.29 is 14.3 Å². The summed E-state index contributed by atoms with van der Waals surface area (Å²) in [5.74, 6) is -0.329. The van der Waals surface area contributed by atoms with Crippen LogP contribution in [-0.2, 0) is 16.1 Å². The minimum atomic E-state index is -0.679. The zero-order valence-electron chi connectivity index (χ0n) is 13.7. The molecule has 0 aliphatic rings. The van der Waals surface area contributed by atoms with Gasteiger partial charge in [-0.15, -0.1) is 11.3 Å². The van der Waals surface area contributed by atoms with E-state index in [-0.39, 0.29) is 18.4 Å². The number of amides is 2. The van der Waals surface area contributed by atoms with Crippen molar-refractivity contribution in [3.05, 3.63) is 47.5 Å². The van der Waals surface area contributed by atoms with Gasteiger partial charge in [-0.1, -0.05) is 50.6 Å². The van der Waals surface area contributed by atoms with E-state index in [0.29, 0.717) is 5.13 Å². The van der Waals surface area contributed by atoms with Gasteiger partial charge in [0.2, 0.25) is 5.91 Å². The molecule has 2 aromatic rings. The summed E-state index contributed by atoms with van der Waals surface area (Å²) in [4.78, 5) is 28.5. The zero-order valence-corrected chi connectivity index (χ0v) is 14.5. The lowest BCUT2D eigenvalue weighted by atomic mass is 9.98. The Morgan fingerprint density at radius 2 is 2.04 bits per heavy atom. The highest BCUT2D eigenvalue weighted by Crippen LogP contribution is 2.14. The van der Waals surface area contributed by atoms with Crippen LogP contribution in [0.5, 0.6) is 0 Å². The Kier molecular flexibility index (Phi) is 6.74. The van der Waals surface area contributed by atoms with Gasteiger partial charge in [-0.25, -0.2) is 9.78 Å². The van der Waals surface area contributed by atoms with E-state index < -0.39 is 12.1 Å². The summed E-state index contributed by atoms with van der Waals surface area (Å²) in [7, 11) is 0. The summed E-state index contributed by atoms with van der Waals surface area (Å²) in [6, 6.07) is 8.71. The molecule has 0 fully saturated rings. The first-order valence-electron chi connectivity index (χ1n) is 7.77. The third-order valence-corrected chi connectivity index (χ3v) is 4.33. The van der Waals surface area contributed by atoms with Crippen molar-refractivity contribution in [2.45, 2.75) is 32.9 Å². The standard InChI is InChI=1S/C17H21N3O3S/c1-3-12(2)14(15(21)20-16-18-9-10-24-16)19-17(22)23-11-13-7-5-4-6-8-13/h4-10,12,14H,3,11H2,1-2H3,(H,19,22)(H,18,20,21). The smallest absolute Gasteiger partial charge is 0.408 e. The van der Waals surface area contributed by atoms with Gasteiger partial charge in [-0.05, 0) is 11.5 Å². The van der Waals surface area contributed by atoms with Crippen LogP contribution in [0.25, 0.3) is 0 Å². The highest BCUT2D eigenvalue weighted by Gasteiger charge is 2.27. The number of nitrogens with one attached hydrogen (secondary N) is 2. The Hall–Kier alpha value is -2.41. The molecule has 0 saturated heterocycles. The van der Waals surface area contributed by atoms with Crippen molar-refractivity contribution in [1.82, 2.24) is 10.3 Å². The van der Waals surface area contributed by atoms with Gasteiger partial charge in [-0.2, -0.15) is 0 Å². The van der Waals surface area contributed by atoms with Gasteiger partial charge in [0.1, 0.15) is 12.6 Å². The van der Waals surface area contributed by atoms with E-state index in [2.05, 4.69) is 15.6 Å². The van der Waals surface area contributed by atoms with Crippen LogP contribution in [0.3, 0.4) is 0 Å². The number of carbonyl (C=O) groups is 2. The van der Waals surface area contributed by atoms with Crippen LogP contribution in [-0.4, -0.2) is 23.0 Å². The van der Waals surface area contributed by atoms with Crippen LogP contribution in [0, 0.1) is 5.92 Å². The van der Waals surface area contributed by atoms with E-state index in [9.17, 15) is 9.59 Å². The van der Waals surface area contributed by atoms with Gasteiger partial charge in [0.05, 0.1) is 0 Å². The molecule has 0 aliphatic heterocycles. The Balaban J connectivity index is 1.92. The van der Waals surface area contributed by atoms with E-state index in [1.807, 2.05) is 44.2 Å². The number of ether oxygens (including phenoxy) is 1. The number of nitrogens with zero attached hydrogens (tertiary/aromatic N) is 1. The molecule has 0 spiro atoms. The van der Waals surface area contributed by atoms with Crippen molar-refractivity contribution >= 4 is 28.5 Å². The fourth-order valence-electron chi connectivity index (χ4n) is 2.06. The molecule has 2 unspecified atom stereocenters. The molecule has 2 atom stereocenters. The van der Waals surface area contributed by atoms with Crippen molar-refractivity contribution in [3.8, 4) is 0 Å². The zero-order chi connectivity index (χ0) is 17.4. The Bertz CT molecular complexity index is 646. The van der Waals surface area contributed by atoms with Crippen LogP contribution in [0.2, 0.25) is 0 Å². The minimum Gasteiger partial charge on any atom is -0.445 e. The molecule has 0 saturated carbocycles. The molecule has 0 radical (unpaired) electrons. The molecule has 1 aromatic carbocycles. The summed E-state index contributed by atoms with van der Waals surface area (Å²) in [5.41, 5.74) is 0.889. The van der Waals surface area contributed by atoms with Gasteiger partial charge in [0, 0.05) is 11.6 Å². The van der Waals surface area contributed by atoms with Crippen LogP contribution >= 0.6 is 11.3 Å². The summed E-state index contributed by atoms with van der Waals surface area (Å²) >= 11 is 1.33. The fraction of sp³-hybridized carbons (Fsp3) is 0.353. The van der Waals surface area contributed by atoms with E-state index in [4.69, 9.17) is 4.74 Å². The fourth-order valence-corrected chi connectivity index (χ4v) is 2.59. The second-order valence-corrected chi connectivity index (χ2v) is 6.29. The lowest BCUT2D eigenvalue weighted by molar-refractivity contribution is -0.119. The Labute approximate surface area is 145 Å². The number of aromatic nitrogens is 1. The Morgan fingerprint density at radius 3 is 2.67 bits per heavy atom. The second kappa shape index (κ2) is 9.02. The number of alkyl carbamates (subject to hydrolysis) is 1. The van der Waals surface area contributed by atoms with Crippen LogP contribution in [0.15, 0.2) is 41.9 Å². The average Bonchev–Trinajstić information content (AvgIpc) is 3.11. The molecule has 1 aromatic heterocycles. The number of hydrogen-bond acceptors (Lipinski definition) is 5. The van der Waals surface area contributed by atoms with Crippen LogP contribution < -0.4 is 10.6 Å². The van der Waals surface area contributed by atoms with Gasteiger partial charge in [0.25, 0.3) is 0 Å². The maximum Gasteiger partial charge on any atom is 0.408 e. The predicted octanol–water partition coefficient (Wildman–Crippen LogP) is 3.42. The van der Waals surface area contributed by atoms with Crippen molar-refractivity contribution in [2.75, 3.05) is 5.32 Å². The summed E-state index contributed by atoms with van der Waals surface area (Å²) in [6.45, 7) is 4.03. The van der Waals surface area contributed by atoms with Gasteiger partial charge in [0.15, 0.2) is 5.13 Å². The highest BCUT2D eigenvalue weighted by molar-refractivity contribution is 7.13. The summed E-state index contributed by atoms with van der Waals surface area (Å²) in [6.07, 6.45) is 1.74. The SMILES string of the molecule is CCC(C)C(NC(=O)OCc1ccccc1)C(=O)Nc1nccs1. The first-order chi connectivity index (χ1) is 11.6. The van der Waals surface area contributed by atoms with Gasteiger partial charge < -0.3 is 15.4 Å². The molecule has 0 bridgehead atoms. The van der Waals surface area contributed by atoms with Gasteiger partial charge >= 0.3 is 6.09 Å². The van der Waals surface area contributed by atoms with E-state index >= 15 is 0 Å². The molecule has 0 aliphatic carbocycles. The number of rotatable bonds is 7. The monoisotopic (exact) mass is 347 g/mol. The first-order valence-corrected chi connectivity index (χ1v) is 8.65. The second-order valence-electron chi connectivity index (χ2n) is 5.40.